The van der Waals surface area contributed by atoms with Crippen molar-refractivity contribution in [1.29, 1.82) is 5.26 Å². The van der Waals surface area contributed by atoms with Gasteiger partial charge in [-0.05, 0) is 61.9 Å². The van der Waals surface area contributed by atoms with Gasteiger partial charge < -0.3 is 20.7 Å². The van der Waals surface area contributed by atoms with Crippen molar-refractivity contribution in [3.05, 3.63) is 82.4 Å². The lowest BCUT2D eigenvalue weighted by atomic mass is 9.94. The standard InChI is InChI=1S/C28H26BClF2N4O4/c1-28(2,15-33)27(39)34-13-16-3-9-22(30)20(11-16)25(37)36-19-8-10-23(40-14-24(31)32)21(12-19)26(38)35-18-6-4-17(29)5-7-18/h3-12,24H,13-14,29H2,1-2H3,(H,34,39)(H,35,38)(H,36,37). The Balaban J connectivity index is 1.82. The molecule has 3 rings (SSSR count). The summed E-state index contributed by atoms with van der Waals surface area (Å²) in [4.78, 5) is 38.3. The summed E-state index contributed by atoms with van der Waals surface area (Å²) in [6.45, 7) is 2.12. The molecule has 3 aromatic rings. The van der Waals surface area contributed by atoms with E-state index in [1.54, 1.807) is 30.3 Å². The van der Waals surface area contributed by atoms with Crippen molar-refractivity contribution in [3.8, 4) is 11.8 Å². The molecule has 8 nitrogen and oxygen atoms in total. The lowest BCUT2D eigenvalue weighted by Crippen LogP contribution is -2.35. The van der Waals surface area contributed by atoms with E-state index in [1.807, 2.05) is 13.9 Å². The fraction of sp³-hybridized carbons (Fsp3) is 0.214. The van der Waals surface area contributed by atoms with Gasteiger partial charge in [0.1, 0.15) is 25.6 Å². The largest absolute Gasteiger partial charge is 0.487 e. The smallest absolute Gasteiger partial charge is 0.272 e. The molecule has 0 fully saturated rings. The molecule has 0 bridgehead atoms. The van der Waals surface area contributed by atoms with E-state index in [2.05, 4.69) is 16.0 Å². The average molecular weight is 567 g/mol. The van der Waals surface area contributed by atoms with Crippen LogP contribution in [-0.4, -0.2) is 38.6 Å². The van der Waals surface area contributed by atoms with Crippen LogP contribution in [0.3, 0.4) is 0 Å². The van der Waals surface area contributed by atoms with Crippen LogP contribution >= 0.6 is 11.6 Å². The first-order valence-corrected chi connectivity index (χ1v) is 12.5. The van der Waals surface area contributed by atoms with Gasteiger partial charge in [-0.3, -0.25) is 14.4 Å². The lowest BCUT2D eigenvalue weighted by Gasteiger charge is -2.16. The van der Waals surface area contributed by atoms with Gasteiger partial charge in [0.25, 0.3) is 18.2 Å². The quantitative estimate of drug-likeness (QED) is 0.322. The molecule has 3 aromatic carbocycles. The summed E-state index contributed by atoms with van der Waals surface area (Å²) in [6, 6.07) is 17.5. The van der Waals surface area contributed by atoms with Crippen molar-refractivity contribution in [1.82, 2.24) is 5.32 Å². The predicted octanol–water partition coefficient (Wildman–Crippen LogP) is 3.91. The van der Waals surface area contributed by atoms with Crippen molar-refractivity contribution in [3.63, 3.8) is 0 Å². The summed E-state index contributed by atoms with van der Waals surface area (Å²) in [6.07, 6.45) is -2.75. The fourth-order valence-corrected chi connectivity index (χ4v) is 3.61. The topological polar surface area (TPSA) is 120 Å². The van der Waals surface area contributed by atoms with Gasteiger partial charge in [-0.25, -0.2) is 8.78 Å². The van der Waals surface area contributed by atoms with E-state index >= 15 is 0 Å². The van der Waals surface area contributed by atoms with Gasteiger partial charge in [-0.1, -0.05) is 35.3 Å². The molecule has 0 aliphatic rings. The number of carbonyl (C=O) groups excluding carboxylic acids is 3. The highest BCUT2D eigenvalue weighted by Gasteiger charge is 2.27. The number of amides is 3. The summed E-state index contributed by atoms with van der Waals surface area (Å²) in [7, 11) is 1.89. The number of anilines is 2. The summed E-state index contributed by atoms with van der Waals surface area (Å²) in [5.74, 6) is -1.79. The van der Waals surface area contributed by atoms with Gasteiger partial charge in [0.05, 0.1) is 22.2 Å². The van der Waals surface area contributed by atoms with Crippen LogP contribution in [0, 0.1) is 16.7 Å². The fourth-order valence-electron chi connectivity index (χ4n) is 3.41. The number of halogens is 3. The Bertz CT molecular complexity index is 1460. The van der Waals surface area contributed by atoms with Crippen molar-refractivity contribution in [2.24, 2.45) is 5.41 Å². The van der Waals surface area contributed by atoms with E-state index in [-0.39, 0.29) is 34.1 Å². The summed E-state index contributed by atoms with van der Waals surface area (Å²) in [5.41, 5.74) is 1.03. The van der Waals surface area contributed by atoms with Crippen LogP contribution in [0.4, 0.5) is 20.2 Å². The first-order chi connectivity index (χ1) is 18.9. The molecule has 206 valence electrons. The van der Waals surface area contributed by atoms with Crippen molar-refractivity contribution in [2.75, 3.05) is 17.2 Å². The number of carbonyl (C=O) groups is 3. The Morgan fingerprint density at radius 2 is 1.60 bits per heavy atom. The Kier molecular flexibility index (Phi) is 9.85. The van der Waals surface area contributed by atoms with E-state index in [0.29, 0.717) is 11.3 Å². The second-order valence-corrected chi connectivity index (χ2v) is 9.83. The molecule has 0 unspecified atom stereocenters. The second-order valence-electron chi connectivity index (χ2n) is 9.42. The molecule has 0 atom stereocenters. The molecule has 0 aromatic heterocycles. The van der Waals surface area contributed by atoms with E-state index in [1.165, 1.54) is 44.2 Å². The van der Waals surface area contributed by atoms with Gasteiger partial charge in [0, 0.05) is 17.9 Å². The number of nitriles is 1. The monoisotopic (exact) mass is 566 g/mol. The summed E-state index contributed by atoms with van der Waals surface area (Å²) >= 11 is 6.25. The number of rotatable bonds is 10. The summed E-state index contributed by atoms with van der Waals surface area (Å²) < 4.78 is 30.7. The van der Waals surface area contributed by atoms with E-state index < -0.39 is 36.2 Å². The number of hydrogen-bond donors (Lipinski definition) is 3. The van der Waals surface area contributed by atoms with Crippen LogP contribution < -0.4 is 26.2 Å². The van der Waals surface area contributed by atoms with Crippen molar-refractivity contribution in [2.45, 2.75) is 26.8 Å². The number of alkyl halides is 2. The highest BCUT2D eigenvalue weighted by molar-refractivity contribution is 6.34. The highest BCUT2D eigenvalue weighted by Crippen LogP contribution is 2.26. The van der Waals surface area contributed by atoms with Gasteiger partial charge in [-0.2, -0.15) is 5.26 Å². The first-order valence-electron chi connectivity index (χ1n) is 12.1. The minimum atomic E-state index is -2.75. The number of ether oxygens (including phenoxy) is 1. The molecule has 3 N–H and O–H groups in total. The molecule has 40 heavy (non-hydrogen) atoms. The lowest BCUT2D eigenvalue weighted by molar-refractivity contribution is -0.126. The maximum atomic E-state index is 13.1. The number of nitrogens with one attached hydrogen (secondary N) is 3. The Labute approximate surface area is 236 Å². The van der Waals surface area contributed by atoms with E-state index in [9.17, 15) is 23.2 Å². The molecule has 0 spiro atoms. The van der Waals surface area contributed by atoms with Crippen molar-refractivity contribution >= 4 is 54.0 Å². The molecule has 0 radical (unpaired) electrons. The van der Waals surface area contributed by atoms with Gasteiger partial charge >= 0.3 is 0 Å². The molecule has 3 amide bonds. The van der Waals surface area contributed by atoms with Crippen LogP contribution in [0.15, 0.2) is 60.7 Å². The normalized spacial score (nSPS) is 10.9. The number of hydrogen-bond acceptors (Lipinski definition) is 5. The third kappa shape index (κ3) is 8.04. The molecule has 0 saturated heterocycles. The molecular formula is C28H26BClF2N4O4. The molecule has 0 aliphatic heterocycles. The van der Waals surface area contributed by atoms with Crippen LogP contribution in [-0.2, 0) is 11.3 Å². The minimum absolute atomic E-state index is 0.0564. The van der Waals surface area contributed by atoms with E-state index in [0.717, 1.165) is 5.46 Å². The van der Waals surface area contributed by atoms with Gasteiger partial charge in [0.15, 0.2) is 0 Å². The van der Waals surface area contributed by atoms with Crippen LogP contribution in [0.2, 0.25) is 5.02 Å². The third-order valence-corrected chi connectivity index (χ3v) is 6.06. The number of benzene rings is 3. The van der Waals surface area contributed by atoms with Crippen LogP contribution in [0.1, 0.15) is 40.1 Å². The average Bonchev–Trinajstić information content (AvgIpc) is 2.92. The Hall–Kier alpha value is -4.43. The van der Waals surface area contributed by atoms with Crippen LogP contribution in [0.25, 0.3) is 0 Å². The van der Waals surface area contributed by atoms with Crippen molar-refractivity contribution < 1.29 is 27.9 Å². The maximum Gasteiger partial charge on any atom is 0.272 e. The maximum absolute atomic E-state index is 13.1. The molecule has 12 heteroatoms. The molecule has 0 saturated carbocycles. The Morgan fingerprint density at radius 3 is 2.25 bits per heavy atom. The minimum Gasteiger partial charge on any atom is -0.487 e. The zero-order chi connectivity index (χ0) is 29.4. The van der Waals surface area contributed by atoms with E-state index in [4.69, 9.17) is 21.6 Å². The zero-order valence-electron chi connectivity index (χ0n) is 22.0. The Morgan fingerprint density at radius 1 is 0.975 bits per heavy atom. The predicted molar refractivity (Wildman–Crippen MR) is 151 cm³/mol. The SMILES string of the molecule is Bc1ccc(NC(=O)c2cc(NC(=O)c3cc(CNC(=O)C(C)(C)C#N)ccc3Cl)ccc2OCC(F)F)cc1. The first kappa shape index (κ1) is 30.1. The second kappa shape index (κ2) is 13.1. The van der Waals surface area contributed by atoms with Crippen LogP contribution in [0.5, 0.6) is 5.75 Å². The van der Waals surface area contributed by atoms with Gasteiger partial charge in [-0.15, -0.1) is 0 Å². The summed E-state index contributed by atoms with van der Waals surface area (Å²) in [5, 5.41) is 17.2. The molecule has 0 heterocycles. The highest BCUT2D eigenvalue weighted by atomic mass is 35.5. The molecule has 0 aliphatic carbocycles. The third-order valence-electron chi connectivity index (χ3n) is 5.73. The molecular weight excluding hydrogens is 541 g/mol. The van der Waals surface area contributed by atoms with Gasteiger partial charge in [0.2, 0.25) is 5.91 Å². The zero-order valence-corrected chi connectivity index (χ0v) is 22.7. The number of nitrogens with zero attached hydrogens (tertiary/aromatic N) is 1.